The third kappa shape index (κ3) is 5.19. The summed E-state index contributed by atoms with van der Waals surface area (Å²) in [5.74, 6) is 3.73. The van der Waals surface area contributed by atoms with E-state index in [9.17, 15) is 4.79 Å². The largest absolute Gasteiger partial charge is 0.454 e. The molecule has 0 aromatic heterocycles. The number of piperidine rings is 4. The van der Waals surface area contributed by atoms with Gasteiger partial charge < -0.3 is 19.7 Å². The number of carbonyl (C=O) groups excluding carboxylic acids is 1. The fourth-order valence-electron chi connectivity index (χ4n) is 6.67. The van der Waals surface area contributed by atoms with E-state index in [0.717, 1.165) is 24.3 Å². The second kappa shape index (κ2) is 10.2. The van der Waals surface area contributed by atoms with Crippen molar-refractivity contribution in [2.75, 3.05) is 46.1 Å². The molecule has 5 heterocycles. The number of rotatable bonds is 7. The van der Waals surface area contributed by atoms with Crippen molar-refractivity contribution in [3.8, 4) is 11.5 Å². The smallest absolute Gasteiger partial charge is 0.251 e. The Hall–Kier alpha value is -2.57. The molecule has 1 unspecified atom stereocenters. The summed E-state index contributed by atoms with van der Waals surface area (Å²) in [7, 11) is 0. The molecule has 6 heteroatoms. The molecule has 1 amide bonds. The van der Waals surface area contributed by atoms with Crippen molar-refractivity contribution in [2.45, 2.75) is 38.1 Å². The molecule has 2 aromatic carbocycles. The topological polar surface area (TPSA) is 54.0 Å². The summed E-state index contributed by atoms with van der Waals surface area (Å²) in [4.78, 5) is 18.1. The molecule has 7 rings (SSSR count). The van der Waals surface area contributed by atoms with Crippen LogP contribution in [0.25, 0.3) is 0 Å². The van der Waals surface area contributed by atoms with Gasteiger partial charge in [0.05, 0.1) is 0 Å². The van der Waals surface area contributed by atoms with Crippen LogP contribution in [0.5, 0.6) is 11.5 Å². The molecule has 4 saturated heterocycles. The zero-order valence-corrected chi connectivity index (χ0v) is 20.5. The first kappa shape index (κ1) is 22.9. The van der Waals surface area contributed by atoms with Gasteiger partial charge in [0.15, 0.2) is 11.5 Å². The molecule has 4 fully saturated rings. The average Bonchev–Trinajstić information content (AvgIpc) is 3.38. The summed E-state index contributed by atoms with van der Waals surface area (Å²) in [5, 5.41) is 3.18. The van der Waals surface area contributed by atoms with Crippen LogP contribution in [0.2, 0.25) is 0 Å². The number of likely N-dealkylation sites (tertiary alicyclic amines) is 1. The van der Waals surface area contributed by atoms with E-state index in [1.807, 2.05) is 12.1 Å². The van der Waals surface area contributed by atoms with Gasteiger partial charge in [-0.1, -0.05) is 30.3 Å². The molecular weight excluding hydrogens is 438 g/mol. The molecular formula is C29H37N3O3. The maximum Gasteiger partial charge on any atom is 0.251 e. The summed E-state index contributed by atoms with van der Waals surface area (Å²) in [6.45, 7) is 7.04. The van der Waals surface area contributed by atoms with Crippen LogP contribution in [0, 0.1) is 17.8 Å². The van der Waals surface area contributed by atoms with E-state index >= 15 is 0 Å². The zero-order chi connectivity index (χ0) is 23.6. The highest BCUT2D eigenvalue weighted by atomic mass is 16.7. The van der Waals surface area contributed by atoms with Gasteiger partial charge in [-0.15, -0.1) is 0 Å². The molecule has 0 aliphatic carbocycles. The Balaban J connectivity index is 0.956. The predicted molar refractivity (Wildman–Crippen MR) is 136 cm³/mol. The van der Waals surface area contributed by atoms with E-state index in [4.69, 9.17) is 9.47 Å². The predicted octanol–water partition coefficient (Wildman–Crippen LogP) is 3.81. The Morgan fingerprint density at radius 1 is 0.971 bits per heavy atom. The monoisotopic (exact) mass is 475 g/mol. The lowest BCUT2D eigenvalue weighted by Gasteiger charge is -2.51. The lowest BCUT2D eigenvalue weighted by molar-refractivity contribution is -0.0151. The number of benzene rings is 2. The van der Waals surface area contributed by atoms with Gasteiger partial charge in [-0.2, -0.15) is 0 Å². The maximum absolute atomic E-state index is 12.7. The van der Waals surface area contributed by atoms with Crippen molar-refractivity contribution in [1.82, 2.24) is 15.1 Å². The first-order chi connectivity index (χ1) is 17.2. The van der Waals surface area contributed by atoms with Crippen molar-refractivity contribution < 1.29 is 14.3 Å². The normalized spacial score (nSPS) is 28.2. The summed E-state index contributed by atoms with van der Waals surface area (Å²) in [6, 6.07) is 16.8. The molecule has 1 N–H and O–H groups in total. The highest BCUT2D eigenvalue weighted by Gasteiger charge is 2.40. The van der Waals surface area contributed by atoms with Gasteiger partial charge in [0.1, 0.15) is 0 Å². The van der Waals surface area contributed by atoms with E-state index in [0.29, 0.717) is 23.1 Å². The van der Waals surface area contributed by atoms with Crippen molar-refractivity contribution >= 4 is 5.91 Å². The summed E-state index contributed by atoms with van der Waals surface area (Å²) < 4.78 is 10.8. The van der Waals surface area contributed by atoms with Crippen LogP contribution in [0.4, 0.5) is 0 Å². The number of ether oxygens (including phenoxy) is 2. The summed E-state index contributed by atoms with van der Waals surface area (Å²) in [5.41, 5.74) is 2.12. The van der Waals surface area contributed by atoms with Gasteiger partial charge in [-0.25, -0.2) is 0 Å². The number of carbonyl (C=O) groups is 1. The van der Waals surface area contributed by atoms with Gasteiger partial charge in [0.25, 0.3) is 5.91 Å². The van der Waals surface area contributed by atoms with Crippen LogP contribution in [0.15, 0.2) is 48.5 Å². The van der Waals surface area contributed by atoms with Crippen LogP contribution in [-0.4, -0.2) is 67.8 Å². The number of hydrogen-bond acceptors (Lipinski definition) is 5. The first-order valence-corrected chi connectivity index (χ1v) is 13.4. The van der Waals surface area contributed by atoms with Crippen LogP contribution < -0.4 is 14.8 Å². The van der Waals surface area contributed by atoms with Crippen LogP contribution in [0.1, 0.15) is 41.6 Å². The van der Waals surface area contributed by atoms with Crippen molar-refractivity contribution in [3.63, 3.8) is 0 Å². The highest BCUT2D eigenvalue weighted by molar-refractivity contribution is 5.94. The zero-order valence-electron chi connectivity index (χ0n) is 20.5. The van der Waals surface area contributed by atoms with E-state index in [1.54, 1.807) is 6.07 Å². The lowest BCUT2D eigenvalue weighted by atomic mass is 9.75. The molecule has 6 nitrogen and oxygen atoms in total. The number of nitrogens with zero attached hydrogens (tertiary/aromatic N) is 2. The molecule has 0 saturated carbocycles. The average molecular weight is 476 g/mol. The van der Waals surface area contributed by atoms with E-state index in [2.05, 4.69) is 45.4 Å². The Morgan fingerprint density at radius 2 is 1.80 bits per heavy atom. The van der Waals surface area contributed by atoms with Crippen molar-refractivity contribution in [3.05, 3.63) is 59.7 Å². The van der Waals surface area contributed by atoms with Gasteiger partial charge in [-0.05, 0) is 93.3 Å². The summed E-state index contributed by atoms with van der Waals surface area (Å²) in [6.07, 6.45) is 6.39. The van der Waals surface area contributed by atoms with Gasteiger partial charge in [-0.3, -0.25) is 9.69 Å². The van der Waals surface area contributed by atoms with Crippen molar-refractivity contribution in [2.24, 2.45) is 17.8 Å². The number of amides is 1. The second-order valence-electron chi connectivity index (χ2n) is 10.9. The third-order valence-electron chi connectivity index (χ3n) is 8.71. The Morgan fingerprint density at radius 3 is 2.60 bits per heavy atom. The molecule has 5 aliphatic rings. The quantitative estimate of drug-likeness (QED) is 0.660. The molecule has 2 aromatic rings. The minimum Gasteiger partial charge on any atom is -0.454 e. The Bertz CT molecular complexity index is 1020. The lowest BCUT2D eigenvalue weighted by Crippen LogP contribution is -2.58. The molecule has 35 heavy (non-hydrogen) atoms. The molecule has 4 atom stereocenters. The fraction of sp³-hybridized carbons (Fsp3) is 0.552. The van der Waals surface area contributed by atoms with Crippen molar-refractivity contribution in [1.29, 1.82) is 0 Å². The minimum absolute atomic E-state index is 0.0270. The summed E-state index contributed by atoms with van der Waals surface area (Å²) >= 11 is 0. The van der Waals surface area contributed by atoms with Gasteiger partial charge in [0.2, 0.25) is 6.79 Å². The van der Waals surface area contributed by atoms with Gasteiger partial charge >= 0.3 is 0 Å². The van der Waals surface area contributed by atoms with Gasteiger partial charge in [0, 0.05) is 31.2 Å². The maximum atomic E-state index is 12.7. The molecule has 2 bridgehead atoms. The SMILES string of the molecule is O=C(NC[C@H]1C[C@@H]2CCN1C[C@@H]2CN1CCC(Cc2ccccc2)CC1)c1ccc2c(c1)OCO2. The second-order valence-corrected chi connectivity index (χ2v) is 10.9. The Kier molecular flexibility index (Phi) is 6.66. The van der Waals surface area contributed by atoms with Crippen LogP contribution in [-0.2, 0) is 6.42 Å². The molecule has 0 radical (unpaired) electrons. The number of nitrogens with one attached hydrogen (secondary N) is 1. The molecule has 0 spiro atoms. The molecule has 5 aliphatic heterocycles. The number of hydrogen-bond donors (Lipinski definition) is 1. The Labute approximate surface area is 208 Å². The van der Waals surface area contributed by atoms with E-state index in [-0.39, 0.29) is 12.7 Å². The standard InChI is InChI=1S/C29H37N3O3/c33-29(24-6-7-27-28(16-24)35-20-34-27)30-17-26-15-23-10-13-32(26)19-25(23)18-31-11-8-22(9-12-31)14-21-4-2-1-3-5-21/h1-7,16,22-23,25-26H,8-15,17-20H2,(H,30,33)/t23-,25-,26+/m0/s1. The first-order valence-electron chi connectivity index (χ1n) is 13.4. The third-order valence-corrected chi connectivity index (χ3v) is 8.71. The fourth-order valence-corrected chi connectivity index (χ4v) is 6.67. The van der Waals surface area contributed by atoms with E-state index in [1.165, 1.54) is 70.4 Å². The van der Waals surface area contributed by atoms with E-state index < -0.39 is 0 Å². The van der Waals surface area contributed by atoms with Crippen LogP contribution in [0.3, 0.4) is 0 Å². The molecule has 186 valence electrons. The van der Waals surface area contributed by atoms with Crippen LogP contribution >= 0.6 is 0 Å². The highest BCUT2D eigenvalue weighted by Crippen LogP contribution is 2.37. The minimum atomic E-state index is -0.0270. The number of fused-ring (bicyclic) bond motifs is 4.